The second-order valence-electron chi connectivity index (χ2n) is 0.192. The topological polar surface area (TPSA) is 3.24 Å². The van der Waals surface area contributed by atoms with Crippen molar-refractivity contribution in [3.05, 3.63) is 0 Å². The van der Waals surface area contributed by atoms with Gasteiger partial charge < -0.3 is 0 Å². The Balaban J connectivity index is 2.32. The van der Waals surface area contributed by atoms with Crippen molar-refractivity contribution in [1.29, 1.82) is 0 Å². The Kier molecular flexibility index (Phi) is 4.68. The van der Waals surface area contributed by atoms with Crippen molar-refractivity contribution in [2.24, 2.45) is 0 Å². The SMILES string of the molecule is [Re][N]([Re])[Re]. The monoisotopic (exact) mass is 575 g/mol. The number of rotatable bonds is 0. The van der Waals surface area contributed by atoms with E-state index in [9.17, 15) is 0 Å². The van der Waals surface area contributed by atoms with Crippen LogP contribution in [0.5, 0.6) is 0 Å². The molecule has 0 aromatic carbocycles. The normalized spacial score (nSPS) is 9.00. The molecule has 0 radical (unpaired) electrons. The summed E-state index contributed by atoms with van der Waals surface area (Å²) >= 11 is 5.17. The van der Waals surface area contributed by atoms with Gasteiger partial charge in [-0.3, -0.25) is 0 Å². The molecule has 0 unspecified atom stereocenters. The maximum absolute atomic E-state index is 2.17. The Morgan fingerprint density at radius 2 is 1.00 bits per heavy atom. The first kappa shape index (κ1) is 5.95. The summed E-state index contributed by atoms with van der Waals surface area (Å²) in [6.45, 7) is 0. The van der Waals surface area contributed by atoms with Crippen LogP contribution >= 0.6 is 0 Å². The zero-order valence-corrected chi connectivity index (χ0v) is 9.73. The van der Waals surface area contributed by atoms with Gasteiger partial charge in [0.15, 0.2) is 0 Å². The standard InChI is InChI=1S/N.3Re. The molecular formula is NRe3. The molecular weight excluding hydrogens is 573 g/mol. The van der Waals surface area contributed by atoms with E-state index in [4.69, 9.17) is 0 Å². The fraction of sp³-hybridized carbons (Fsp3) is 0. The molecule has 0 saturated heterocycles. The molecule has 0 aromatic heterocycles. The summed E-state index contributed by atoms with van der Waals surface area (Å²) in [6, 6.07) is 0. The predicted molar refractivity (Wildman–Crippen MR) is 1.84 cm³/mol. The molecule has 0 fully saturated rings. The summed E-state index contributed by atoms with van der Waals surface area (Å²) in [4.78, 5) is 0. The van der Waals surface area contributed by atoms with E-state index in [0.29, 0.717) is 0 Å². The quantitative estimate of drug-likeness (QED) is 0.385. The molecule has 0 atom stereocenters. The average Bonchev–Trinajstić information content (AvgIpc) is 0.811. The third kappa shape index (κ3) is 9.04. The van der Waals surface area contributed by atoms with Gasteiger partial charge in [0.2, 0.25) is 0 Å². The van der Waals surface area contributed by atoms with Crippen molar-refractivity contribution in [1.82, 2.24) is 0.801 Å². The summed E-state index contributed by atoms with van der Waals surface area (Å²) in [5.74, 6) is 0. The molecule has 0 saturated carbocycles. The molecule has 4 heteroatoms. The molecule has 0 bridgehead atoms. The van der Waals surface area contributed by atoms with Gasteiger partial charge in [-0.15, -0.1) is 0 Å². The van der Waals surface area contributed by atoms with Gasteiger partial charge in [0.25, 0.3) is 0 Å². The van der Waals surface area contributed by atoms with Crippen molar-refractivity contribution in [2.75, 3.05) is 0 Å². The second kappa shape index (κ2) is 3.15. The van der Waals surface area contributed by atoms with E-state index in [1.807, 2.05) is 0 Å². The van der Waals surface area contributed by atoms with Crippen molar-refractivity contribution in [3.8, 4) is 0 Å². The van der Waals surface area contributed by atoms with Gasteiger partial charge in [-0.05, 0) is 0 Å². The first-order valence-electron chi connectivity index (χ1n) is 0.507. The molecule has 0 rings (SSSR count). The van der Waals surface area contributed by atoms with E-state index in [0.717, 1.165) is 0 Å². The summed E-state index contributed by atoms with van der Waals surface area (Å²) < 4.78 is 2.17. The first-order valence-corrected chi connectivity index (χ1v) is 4.15. The van der Waals surface area contributed by atoms with Crippen molar-refractivity contribution >= 4 is 0 Å². The fourth-order valence-corrected chi connectivity index (χ4v) is 0. The molecule has 4 heavy (non-hydrogen) atoms. The van der Waals surface area contributed by atoms with Crippen molar-refractivity contribution in [3.63, 3.8) is 0 Å². The van der Waals surface area contributed by atoms with Crippen LogP contribution in [0.4, 0.5) is 0 Å². The molecule has 0 aliphatic heterocycles. The van der Waals surface area contributed by atoms with Crippen LogP contribution in [0, 0.1) is 0 Å². The number of hydrogen-bond acceptors (Lipinski definition) is 1. The van der Waals surface area contributed by atoms with Crippen LogP contribution in [0.3, 0.4) is 0 Å². The first-order chi connectivity index (χ1) is 1.73. The number of hydrogen-bond donors (Lipinski definition) is 0. The molecule has 26 valence electrons. The zero-order valence-electron chi connectivity index (χ0n) is 1.58. The van der Waals surface area contributed by atoms with Gasteiger partial charge >= 0.3 is 59.1 Å². The second-order valence-corrected chi connectivity index (χ2v) is 12.8. The molecule has 0 amide bonds. The molecule has 0 aliphatic carbocycles. The van der Waals surface area contributed by atoms with Crippen LogP contribution in [0.25, 0.3) is 0 Å². The molecule has 0 aliphatic rings. The fourth-order valence-electron chi connectivity index (χ4n) is 0. The van der Waals surface area contributed by atoms with Gasteiger partial charge in [-0.1, -0.05) is 0 Å². The third-order valence-electron chi connectivity index (χ3n) is 0. The minimum atomic E-state index is 1.72. The summed E-state index contributed by atoms with van der Waals surface area (Å²) in [7, 11) is 0. The van der Waals surface area contributed by atoms with E-state index in [2.05, 4.69) is 0.801 Å². The van der Waals surface area contributed by atoms with E-state index >= 15 is 0 Å². The van der Waals surface area contributed by atoms with Crippen LogP contribution in [-0.2, 0) is 58.3 Å². The number of nitrogens with zero attached hydrogens (tertiary/aromatic N) is 1. The molecule has 0 N–H and O–H groups in total. The van der Waals surface area contributed by atoms with Gasteiger partial charge in [-0.25, -0.2) is 0 Å². The van der Waals surface area contributed by atoms with E-state index in [1.54, 1.807) is 58.3 Å². The Bertz CT molecular complexity index is 8.00. The van der Waals surface area contributed by atoms with Crippen LogP contribution in [0.1, 0.15) is 0 Å². The van der Waals surface area contributed by atoms with Crippen LogP contribution in [0.2, 0.25) is 0 Å². The van der Waals surface area contributed by atoms with Gasteiger partial charge in [0, 0.05) is 0 Å². The van der Waals surface area contributed by atoms with Gasteiger partial charge in [0.05, 0.1) is 0 Å². The average molecular weight is 573 g/mol. The Morgan fingerprint density at radius 1 is 1.00 bits per heavy atom. The van der Waals surface area contributed by atoms with Crippen molar-refractivity contribution < 1.29 is 58.3 Å². The summed E-state index contributed by atoms with van der Waals surface area (Å²) in [5, 5.41) is 0. The minimum absolute atomic E-state index is 1.72. The van der Waals surface area contributed by atoms with Crippen molar-refractivity contribution in [2.45, 2.75) is 0 Å². The molecule has 0 aromatic rings. The zero-order chi connectivity index (χ0) is 3.58. The van der Waals surface area contributed by atoms with Gasteiger partial charge in [0.1, 0.15) is 0 Å². The molecule has 0 heterocycles. The summed E-state index contributed by atoms with van der Waals surface area (Å²) in [5.41, 5.74) is 0. The maximum atomic E-state index is 2.17. The Labute approximate surface area is 58.6 Å². The van der Waals surface area contributed by atoms with E-state index in [-0.39, 0.29) is 0 Å². The van der Waals surface area contributed by atoms with Crippen LogP contribution in [-0.4, -0.2) is 0.801 Å². The molecule has 0 spiro atoms. The van der Waals surface area contributed by atoms with E-state index in [1.165, 1.54) is 0 Å². The predicted octanol–water partition coefficient (Wildman–Crippen LogP) is -0.326. The van der Waals surface area contributed by atoms with Crippen LogP contribution in [0.15, 0.2) is 0 Å². The van der Waals surface area contributed by atoms with Gasteiger partial charge in [-0.2, -0.15) is 0 Å². The summed E-state index contributed by atoms with van der Waals surface area (Å²) in [6.07, 6.45) is 0. The van der Waals surface area contributed by atoms with Crippen LogP contribution < -0.4 is 0 Å². The Hall–Kier alpha value is 1.95. The Morgan fingerprint density at radius 3 is 1.00 bits per heavy atom. The molecule has 1 nitrogen and oxygen atoms in total. The third-order valence-corrected chi connectivity index (χ3v) is 0. The van der Waals surface area contributed by atoms with E-state index < -0.39 is 0 Å².